The van der Waals surface area contributed by atoms with Gasteiger partial charge in [0.1, 0.15) is 0 Å². The van der Waals surface area contributed by atoms with Crippen LogP contribution in [0.1, 0.15) is 132 Å². The monoisotopic (exact) mass is 444 g/mol. The van der Waals surface area contributed by atoms with Gasteiger partial charge < -0.3 is 4.74 Å². The van der Waals surface area contributed by atoms with Crippen molar-refractivity contribution in [3.8, 4) is 0 Å². The molecule has 0 aromatic heterocycles. The molecule has 0 rings (SSSR count). The van der Waals surface area contributed by atoms with Crippen molar-refractivity contribution in [3.05, 3.63) is 46.6 Å². The molecule has 0 amide bonds. The molecule has 2 heteroatoms. The van der Waals surface area contributed by atoms with E-state index in [1.54, 1.807) is 0 Å². The predicted molar refractivity (Wildman–Crippen MR) is 142 cm³/mol. The molecule has 0 aromatic rings. The minimum Gasteiger partial charge on any atom is -0.463 e. The van der Waals surface area contributed by atoms with E-state index in [-0.39, 0.29) is 12.1 Å². The second kappa shape index (κ2) is 20.1. The number of esters is 1. The van der Waals surface area contributed by atoms with Crippen LogP contribution in [-0.2, 0) is 9.53 Å². The first kappa shape index (κ1) is 30.4. The van der Waals surface area contributed by atoms with Gasteiger partial charge in [-0.05, 0) is 99.3 Å². The summed E-state index contributed by atoms with van der Waals surface area (Å²) in [5.41, 5.74) is 5.84. The van der Waals surface area contributed by atoms with Gasteiger partial charge in [0.15, 0.2) is 0 Å². The van der Waals surface area contributed by atoms with Crippen molar-refractivity contribution in [1.29, 1.82) is 0 Å². The standard InChI is InChI=1S/C30H52O2/c1-8-9-10-11-24-30(31)32-29(7)23-15-22-28(6)21-14-20-27(5)19-13-18-26(4)17-12-16-25(2)3/h16,18,20,22,29H,8-15,17,19,21,23-24H2,1-7H3/b26-18+,27-20+,28-22+. The Morgan fingerprint density at radius 1 is 0.688 bits per heavy atom. The van der Waals surface area contributed by atoms with Gasteiger partial charge >= 0.3 is 5.97 Å². The summed E-state index contributed by atoms with van der Waals surface area (Å²) in [5.74, 6) is -0.0344. The molecule has 0 bridgehead atoms. The molecule has 1 atom stereocenters. The summed E-state index contributed by atoms with van der Waals surface area (Å²) < 4.78 is 5.53. The van der Waals surface area contributed by atoms with E-state index in [4.69, 9.17) is 4.74 Å². The number of allylic oxidation sites excluding steroid dienone is 8. The first-order chi connectivity index (χ1) is 15.2. The molecule has 0 saturated carbocycles. The average Bonchev–Trinajstić information content (AvgIpc) is 2.71. The minimum absolute atomic E-state index is 0.0124. The molecule has 0 aromatic carbocycles. The van der Waals surface area contributed by atoms with Crippen molar-refractivity contribution in [3.63, 3.8) is 0 Å². The molecular weight excluding hydrogens is 392 g/mol. The zero-order valence-corrected chi connectivity index (χ0v) is 22.4. The van der Waals surface area contributed by atoms with Gasteiger partial charge in [-0.2, -0.15) is 0 Å². The highest BCUT2D eigenvalue weighted by Gasteiger charge is 2.08. The van der Waals surface area contributed by atoms with E-state index in [0.717, 1.165) is 57.8 Å². The highest BCUT2D eigenvalue weighted by atomic mass is 16.5. The molecule has 1 unspecified atom stereocenters. The van der Waals surface area contributed by atoms with Crippen LogP contribution in [0.3, 0.4) is 0 Å². The van der Waals surface area contributed by atoms with Gasteiger partial charge in [0, 0.05) is 6.42 Å². The van der Waals surface area contributed by atoms with Crippen molar-refractivity contribution in [2.24, 2.45) is 0 Å². The summed E-state index contributed by atoms with van der Waals surface area (Å²) in [5, 5.41) is 0. The number of unbranched alkanes of at least 4 members (excludes halogenated alkanes) is 3. The van der Waals surface area contributed by atoms with E-state index >= 15 is 0 Å². The second-order valence-corrected chi connectivity index (χ2v) is 9.74. The second-order valence-electron chi connectivity index (χ2n) is 9.74. The lowest BCUT2D eigenvalue weighted by molar-refractivity contribution is -0.148. The Balaban J connectivity index is 4.00. The van der Waals surface area contributed by atoms with Gasteiger partial charge in [-0.15, -0.1) is 0 Å². The zero-order valence-electron chi connectivity index (χ0n) is 22.4. The highest BCUT2D eigenvalue weighted by molar-refractivity contribution is 5.69. The number of hydrogen-bond donors (Lipinski definition) is 0. The van der Waals surface area contributed by atoms with Crippen molar-refractivity contribution in [2.45, 2.75) is 138 Å². The molecule has 0 radical (unpaired) electrons. The summed E-state index contributed by atoms with van der Waals surface area (Å²) >= 11 is 0. The van der Waals surface area contributed by atoms with E-state index in [0.29, 0.717) is 6.42 Å². The largest absolute Gasteiger partial charge is 0.463 e. The summed E-state index contributed by atoms with van der Waals surface area (Å²) in [6.07, 6.45) is 23.2. The van der Waals surface area contributed by atoms with E-state index in [1.165, 1.54) is 41.6 Å². The Morgan fingerprint density at radius 2 is 1.19 bits per heavy atom. The Morgan fingerprint density at radius 3 is 1.69 bits per heavy atom. The maximum atomic E-state index is 11.9. The molecule has 184 valence electrons. The third-order valence-corrected chi connectivity index (χ3v) is 5.79. The third-order valence-electron chi connectivity index (χ3n) is 5.79. The fourth-order valence-electron chi connectivity index (χ4n) is 3.59. The third kappa shape index (κ3) is 20.3. The Hall–Kier alpha value is -1.57. The van der Waals surface area contributed by atoms with E-state index in [1.807, 2.05) is 6.92 Å². The van der Waals surface area contributed by atoms with E-state index in [9.17, 15) is 4.79 Å². The van der Waals surface area contributed by atoms with Crippen molar-refractivity contribution in [1.82, 2.24) is 0 Å². The quantitative estimate of drug-likeness (QED) is 0.119. The molecule has 0 aliphatic carbocycles. The molecule has 0 aliphatic heterocycles. The van der Waals surface area contributed by atoms with Gasteiger partial charge in [-0.3, -0.25) is 4.79 Å². The molecule has 32 heavy (non-hydrogen) atoms. The van der Waals surface area contributed by atoms with Gasteiger partial charge in [0.2, 0.25) is 0 Å². The van der Waals surface area contributed by atoms with Gasteiger partial charge in [-0.1, -0.05) is 72.8 Å². The molecule has 0 fully saturated rings. The van der Waals surface area contributed by atoms with Crippen molar-refractivity contribution in [2.75, 3.05) is 0 Å². The summed E-state index contributed by atoms with van der Waals surface area (Å²) in [4.78, 5) is 11.9. The molecule has 0 aliphatic rings. The molecular formula is C30H52O2. The normalized spacial score (nSPS) is 13.8. The maximum Gasteiger partial charge on any atom is 0.306 e. The fraction of sp³-hybridized carbons (Fsp3) is 0.700. The summed E-state index contributed by atoms with van der Waals surface area (Å²) in [6, 6.07) is 0. The van der Waals surface area contributed by atoms with Crippen LogP contribution in [0.2, 0.25) is 0 Å². The van der Waals surface area contributed by atoms with Crippen LogP contribution in [0.4, 0.5) is 0 Å². The number of hydrogen-bond acceptors (Lipinski definition) is 2. The smallest absolute Gasteiger partial charge is 0.306 e. The molecule has 0 saturated heterocycles. The lowest BCUT2D eigenvalue weighted by Crippen LogP contribution is -2.14. The highest BCUT2D eigenvalue weighted by Crippen LogP contribution is 2.15. The summed E-state index contributed by atoms with van der Waals surface area (Å²) in [7, 11) is 0. The lowest BCUT2D eigenvalue weighted by Gasteiger charge is -2.12. The maximum absolute atomic E-state index is 11.9. The van der Waals surface area contributed by atoms with Crippen molar-refractivity contribution < 1.29 is 9.53 Å². The van der Waals surface area contributed by atoms with E-state index in [2.05, 4.69) is 65.8 Å². The fourth-order valence-corrected chi connectivity index (χ4v) is 3.59. The van der Waals surface area contributed by atoms with E-state index < -0.39 is 0 Å². The van der Waals surface area contributed by atoms with Crippen molar-refractivity contribution >= 4 is 5.97 Å². The van der Waals surface area contributed by atoms with Crippen LogP contribution < -0.4 is 0 Å². The lowest BCUT2D eigenvalue weighted by atomic mass is 10.0. The molecule has 0 spiro atoms. The van der Waals surface area contributed by atoms with Gasteiger partial charge in [0.25, 0.3) is 0 Å². The number of ether oxygens (including phenoxy) is 1. The van der Waals surface area contributed by atoms with Crippen LogP contribution >= 0.6 is 0 Å². The first-order valence-electron chi connectivity index (χ1n) is 13.0. The number of carbonyl (C=O) groups excluding carboxylic acids is 1. The molecule has 2 nitrogen and oxygen atoms in total. The predicted octanol–water partition coefficient (Wildman–Crippen LogP) is 9.81. The number of carbonyl (C=O) groups is 1. The number of rotatable bonds is 18. The first-order valence-corrected chi connectivity index (χ1v) is 13.0. The minimum atomic E-state index is -0.0344. The zero-order chi connectivity index (χ0) is 24.2. The van der Waals surface area contributed by atoms with Gasteiger partial charge in [-0.25, -0.2) is 0 Å². The Bertz CT molecular complexity index is 615. The molecule has 0 N–H and O–H groups in total. The summed E-state index contributed by atoms with van der Waals surface area (Å²) in [6.45, 7) is 15.2. The molecule has 0 heterocycles. The van der Waals surface area contributed by atoms with Crippen LogP contribution in [0, 0.1) is 0 Å². The average molecular weight is 445 g/mol. The Labute approximate surface area is 200 Å². The van der Waals surface area contributed by atoms with Crippen LogP contribution in [0.5, 0.6) is 0 Å². The van der Waals surface area contributed by atoms with Crippen LogP contribution in [0.25, 0.3) is 0 Å². The van der Waals surface area contributed by atoms with Crippen LogP contribution in [-0.4, -0.2) is 12.1 Å². The van der Waals surface area contributed by atoms with Gasteiger partial charge in [0.05, 0.1) is 6.10 Å². The SMILES string of the molecule is CCCCCCC(=O)OC(C)CC/C=C(\C)CC/C=C(\C)CC/C=C(\C)CCC=C(C)C. The Kier molecular flexibility index (Phi) is 19.1. The topological polar surface area (TPSA) is 26.3 Å². The van der Waals surface area contributed by atoms with Crippen LogP contribution in [0.15, 0.2) is 46.6 Å².